The van der Waals surface area contributed by atoms with Crippen LogP contribution < -0.4 is 16.0 Å². The van der Waals surface area contributed by atoms with Gasteiger partial charge in [-0.25, -0.2) is 4.79 Å². The molecule has 0 aliphatic rings. The molecule has 0 radical (unpaired) electrons. The van der Waals surface area contributed by atoms with Gasteiger partial charge in [0, 0.05) is 22.6 Å². The molecule has 0 unspecified atom stereocenters. The highest BCUT2D eigenvalue weighted by Gasteiger charge is 2.11. The predicted octanol–water partition coefficient (Wildman–Crippen LogP) is 2.99. The zero-order valence-corrected chi connectivity index (χ0v) is 17.1. The molecule has 2 aromatic carbocycles. The number of ether oxygens (including phenoxy) is 1. The number of rotatable bonds is 5. The zero-order chi connectivity index (χ0) is 22.0. The SMILES string of the molecule is C#CCOc1ccc(-n2c(C)cc(C=Nn3c(=O)[nH]c4ccccc4c3=O)c2C)cc1. The van der Waals surface area contributed by atoms with E-state index in [0.717, 1.165) is 27.3 Å². The van der Waals surface area contributed by atoms with Crippen molar-refractivity contribution in [2.75, 3.05) is 6.61 Å². The standard InChI is InChI=1S/C24H20N4O3/c1-4-13-31-20-11-9-19(10-12-20)27-16(2)14-18(17(27)3)15-25-28-23(29)21-7-5-6-8-22(21)26-24(28)30/h1,5-12,14-15H,13H2,2-3H3,(H,26,30). The van der Waals surface area contributed by atoms with Gasteiger partial charge in [0.05, 0.1) is 17.1 Å². The maximum atomic E-state index is 12.7. The summed E-state index contributed by atoms with van der Waals surface area (Å²) in [6.07, 6.45) is 6.74. The number of aromatic amines is 1. The Bertz CT molecular complexity index is 1450. The highest BCUT2D eigenvalue weighted by molar-refractivity contribution is 5.82. The van der Waals surface area contributed by atoms with Gasteiger partial charge < -0.3 is 14.3 Å². The molecule has 31 heavy (non-hydrogen) atoms. The summed E-state index contributed by atoms with van der Waals surface area (Å²) in [5.74, 6) is 3.13. The Labute approximate surface area is 178 Å². The predicted molar refractivity (Wildman–Crippen MR) is 121 cm³/mol. The van der Waals surface area contributed by atoms with Crippen LogP contribution in [0.1, 0.15) is 17.0 Å². The molecule has 0 aliphatic carbocycles. The van der Waals surface area contributed by atoms with Crippen LogP contribution in [0.5, 0.6) is 5.75 Å². The van der Waals surface area contributed by atoms with Crippen molar-refractivity contribution in [1.29, 1.82) is 0 Å². The summed E-state index contributed by atoms with van der Waals surface area (Å²) in [5, 5.41) is 4.57. The summed E-state index contributed by atoms with van der Waals surface area (Å²) in [7, 11) is 0. The van der Waals surface area contributed by atoms with Crippen LogP contribution in [0.25, 0.3) is 16.6 Å². The molecule has 4 rings (SSSR count). The third-order valence-corrected chi connectivity index (χ3v) is 4.98. The third kappa shape index (κ3) is 3.79. The lowest BCUT2D eigenvalue weighted by molar-refractivity contribution is 0.370. The summed E-state index contributed by atoms with van der Waals surface area (Å²) in [6, 6.07) is 16.4. The number of hydrogen-bond acceptors (Lipinski definition) is 4. The Kier molecular flexibility index (Phi) is 5.29. The van der Waals surface area contributed by atoms with Crippen molar-refractivity contribution in [2.24, 2.45) is 5.10 Å². The van der Waals surface area contributed by atoms with Gasteiger partial charge in [-0.2, -0.15) is 5.10 Å². The fourth-order valence-electron chi connectivity index (χ4n) is 3.51. The lowest BCUT2D eigenvalue weighted by Gasteiger charge is -2.10. The summed E-state index contributed by atoms with van der Waals surface area (Å²) < 4.78 is 8.32. The van der Waals surface area contributed by atoms with Gasteiger partial charge in [0.15, 0.2) is 0 Å². The zero-order valence-electron chi connectivity index (χ0n) is 17.1. The van der Waals surface area contributed by atoms with Crippen LogP contribution in [0.3, 0.4) is 0 Å². The number of H-pyrrole nitrogens is 1. The lowest BCUT2D eigenvalue weighted by Crippen LogP contribution is -2.32. The molecule has 0 fully saturated rings. The molecule has 0 saturated carbocycles. The average molecular weight is 412 g/mol. The van der Waals surface area contributed by atoms with Gasteiger partial charge in [0.1, 0.15) is 12.4 Å². The highest BCUT2D eigenvalue weighted by Crippen LogP contribution is 2.22. The molecule has 0 bridgehead atoms. The van der Waals surface area contributed by atoms with E-state index in [-0.39, 0.29) is 6.61 Å². The fourth-order valence-corrected chi connectivity index (χ4v) is 3.51. The van der Waals surface area contributed by atoms with Gasteiger partial charge >= 0.3 is 5.69 Å². The van der Waals surface area contributed by atoms with Gasteiger partial charge in [-0.1, -0.05) is 18.1 Å². The van der Waals surface area contributed by atoms with Crippen LogP contribution in [0, 0.1) is 26.2 Å². The minimum Gasteiger partial charge on any atom is -0.481 e. The topological polar surface area (TPSA) is 81.4 Å². The van der Waals surface area contributed by atoms with Crippen LogP contribution in [-0.2, 0) is 0 Å². The number of nitrogens with zero attached hydrogens (tertiary/aromatic N) is 3. The molecule has 7 heteroatoms. The van der Waals surface area contributed by atoms with Crippen molar-refractivity contribution in [3.8, 4) is 23.8 Å². The van der Waals surface area contributed by atoms with E-state index in [2.05, 4.69) is 20.6 Å². The molecule has 1 N–H and O–H groups in total. The van der Waals surface area contributed by atoms with E-state index >= 15 is 0 Å². The summed E-state index contributed by atoms with van der Waals surface area (Å²) in [6.45, 7) is 4.14. The summed E-state index contributed by atoms with van der Waals surface area (Å²) >= 11 is 0. The van der Waals surface area contributed by atoms with Crippen LogP contribution in [0.4, 0.5) is 0 Å². The van der Waals surface area contributed by atoms with Crippen molar-refractivity contribution in [2.45, 2.75) is 13.8 Å². The van der Waals surface area contributed by atoms with Gasteiger partial charge in [0.2, 0.25) is 0 Å². The fraction of sp³-hybridized carbons (Fsp3) is 0.125. The second-order valence-corrected chi connectivity index (χ2v) is 6.99. The van der Waals surface area contributed by atoms with Crippen molar-refractivity contribution in [3.63, 3.8) is 0 Å². The van der Waals surface area contributed by atoms with Crippen molar-refractivity contribution >= 4 is 17.1 Å². The third-order valence-electron chi connectivity index (χ3n) is 4.98. The average Bonchev–Trinajstić information content (AvgIpc) is 3.05. The van der Waals surface area contributed by atoms with Gasteiger partial charge in [-0.3, -0.25) is 4.79 Å². The monoisotopic (exact) mass is 412 g/mol. The van der Waals surface area contributed by atoms with Crippen LogP contribution in [0.2, 0.25) is 0 Å². The maximum absolute atomic E-state index is 12.7. The number of hydrogen-bond donors (Lipinski definition) is 1. The molecule has 0 spiro atoms. The molecule has 0 saturated heterocycles. The molecule has 0 atom stereocenters. The Morgan fingerprint density at radius 2 is 1.87 bits per heavy atom. The molecule has 4 aromatic rings. The first-order chi connectivity index (χ1) is 15.0. The smallest absolute Gasteiger partial charge is 0.349 e. The summed E-state index contributed by atoms with van der Waals surface area (Å²) in [5.41, 5.74) is 3.08. The second-order valence-electron chi connectivity index (χ2n) is 6.99. The number of aromatic nitrogens is 3. The number of terminal acetylenes is 1. The molecule has 0 aliphatic heterocycles. The largest absolute Gasteiger partial charge is 0.481 e. The van der Waals surface area contributed by atoms with Gasteiger partial charge in [0.25, 0.3) is 5.56 Å². The number of nitrogens with one attached hydrogen (secondary N) is 1. The maximum Gasteiger partial charge on any atom is 0.349 e. The van der Waals surface area contributed by atoms with Crippen molar-refractivity contribution in [1.82, 2.24) is 14.2 Å². The lowest BCUT2D eigenvalue weighted by atomic mass is 10.2. The first kappa shape index (κ1) is 20.0. The van der Waals surface area contributed by atoms with Gasteiger partial charge in [-0.15, -0.1) is 11.1 Å². The first-order valence-corrected chi connectivity index (χ1v) is 9.63. The van der Waals surface area contributed by atoms with E-state index in [1.807, 2.05) is 44.2 Å². The molecular weight excluding hydrogens is 392 g/mol. The van der Waals surface area contributed by atoms with E-state index in [1.54, 1.807) is 24.3 Å². The van der Waals surface area contributed by atoms with E-state index < -0.39 is 11.2 Å². The highest BCUT2D eigenvalue weighted by atomic mass is 16.5. The second kappa shape index (κ2) is 8.20. The number of aryl methyl sites for hydroxylation is 1. The molecule has 2 aromatic heterocycles. The molecular formula is C24H20N4O3. The minimum atomic E-state index is -0.587. The van der Waals surface area contributed by atoms with Crippen molar-refractivity contribution in [3.05, 3.63) is 92.4 Å². The summed E-state index contributed by atoms with van der Waals surface area (Å²) in [4.78, 5) is 27.7. The molecule has 154 valence electrons. The van der Waals surface area contributed by atoms with Crippen molar-refractivity contribution < 1.29 is 4.74 Å². The van der Waals surface area contributed by atoms with E-state index in [9.17, 15) is 9.59 Å². The Morgan fingerprint density at radius 1 is 1.13 bits per heavy atom. The number of para-hydroxylation sites is 1. The minimum absolute atomic E-state index is 0.217. The van der Waals surface area contributed by atoms with Crippen LogP contribution >= 0.6 is 0 Å². The van der Waals surface area contributed by atoms with Crippen LogP contribution in [0.15, 0.2) is 69.3 Å². The molecule has 2 heterocycles. The Morgan fingerprint density at radius 3 is 2.61 bits per heavy atom. The quantitative estimate of drug-likeness (QED) is 0.404. The Hall–Kier alpha value is -4.31. The number of fused-ring (bicyclic) bond motifs is 1. The molecule has 0 amide bonds. The Balaban J connectivity index is 1.69. The van der Waals surface area contributed by atoms with E-state index in [0.29, 0.717) is 16.7 Å². The van der Waals surface area contributed by atoms with E-state index in [4.69, 9.17) is 11.2 Å². The number of benzene rings is 2. The molecule has 7 nitrogen and oxygen atoms in total. The van der Waals surface area contributed by atoms with Gasteiger partial charge in [-0.05, 0) is 56.3 Å². The van der Waals surface area contributed by atoms with E-state index in [1.165, 1.54) is 6.21 Å². The first-order valence-electron chi connectivity index (χ1n) is 9.63. The normalized spacial score (nSPS) is 11.1. The van der Waals surface area contributed by atoms with Crippen LogP contribution in [-0.4, -0.2) is 27.0 Å².